The first-order chi connectivity index (χ1) is 8.90. The van der Waals surface area contributed by atoms with Gasteiger partial charge < -0.3 is 9.73 Å². The first-order valence-electron chi connectivity index (χ1n) is 7.23. The van der Waals surface area contributed by atoms with Crippen LogP contribution in [0.4, 0.5) is 0 Å². The number of furan rings is 1. The summed E-state index contributed by atoms with van der Waals surface area (Å²) in [6.45, 7) is 3.30. The van der Waals surface area contributed by atoms with Crippen LogP contribution in [-0.2, 0) is 5.75 Å². The molecule has 2 nitrogen and oxygen atoms in total. The van der Waals surface area contributed by atoms with Crippen molar-refractivity contribution in [2.24, 2.45) is 5.92 Å². The number of hydrogen-bond acceptors (Lipinski definition) is 3. The minimum atomic E-state index is 0.690. The Balaban J connectivity index is 1.74. The summed E-state index contributed by atoms with van der Waals surface area (Å²) in [6, 6.07) is 4.73. The van der Waals surface area contributed by atoms with E-state index in [-0.39, 0.29) is 0 Å². The zero-order chi connectivity index (χ0) is 12.6. The predicted octanol–water partition coefficient (Wildman–Crippen LogP) is 4.07. The van der Waals surface area contributed by atoms with Gasteiger partial charge in [-0.3, -0.25) is 0 Å². The van der Waals surface area contributed by atoms with Gasteiger partial charge in [-0.1, -0.05) is 26.2 Å². The fourth-order valence-corrected chi connectivity index (χ4v) is 3.97. The van der Waals surface area contributed by atoms with Crippen molar-refractivity contribution in [1.29, 1.82) is 0 Å². The van der Waals surface area contributed by atoms with Gasteiger partial charge in [0.2, 0.25) is 0 Å². The van der Waals surface area contributed by atoms with Gasteiger partial charge in [0.15, 0.2) is 0 Å². The zero-order valence-corrected chi connectivity index (χ0v) is 12.2. The highest BCUT2D eigenvalue weighted by atomic mass is 32.2. The minimum Gasteiger partial charge on any atom is -0.468 e. The molecule has 1 fully saturated rings. The Morgan fingerprint density at radius 2 is 2.22 bits per heavy atom. The molecule has 0 saturated heterocycles. The predicted molar refractivity (Wildman–Crippen MR) is 78.9 cm³/mol. The Morgan fingerprint density at radius 3 is 2.89 bits per heavy atom. The molecule has 1 heterocycles. The third-order valence-corrected chi connectivity index (χ3v) is 4.89. The Morgan fingerprint density at radius 1 is 1.39 bits per heavy atom. The molecule has 0 bridgehead atoms. The van der Waals surface area contributed by atoms with E-state index in [2.05, 4.69) is 18.3 Å². The normalized spacial score (nSPS) is 18.9. The Labute approximate surface area is 115 Å². The lowest BCUT2D eigenvalue weighted by Crippen LogP contribution is -2.39. The molecule has 102 valence electrons. The topological polar surface area (TPSA) is 25.2 Å². The maximum Gasteiger partial charge on any atom is 0.113 e. The van der Waals surface area contributed by atoms with Gasteiger partial charge in [-0.05, 0) is 37.4 Å². The number of nitrogens with one attached hydrogen (secondary N) is 1. The SMILES string of the molecule is CCNC(CSCc1ccco1)C1CCCCC1. The van der Waals surface area contributed by atoms with Crippen LogP contribution in [0.1, 0.15) is 44.8 Å². The van der Waals surface area contributed by atoms with Gasteiger partial charge in [0.05, 0.1) is 12.0 Å². The molecule has 1 aliphatic rings. The van der Waals surface area contributed by atoms with Crippen LogP contribution in [-0.4, -0.2) is 18.3 Å². The van der Waals surface area contributed by atoms with Crippen LogP contribution in [0, 0.1) is 5.92 Å². The first-order valence-corrected chi connectivity index (χ1v) is 8.39. The van der Waals surface area contributed by atoms with Crippen molar-refractivity contribution in [1.82, 2.24) is 5.32 Å². The van der Waals surface area contributed by atoms with Crippen molar-refractivity contribution in [2.75, 3.05) is 12.3 Å². The van der Waals surface area contributed by atoms with Gasteiger partial charge in [-0.2, -0.15) is 11.8 Å². The number of rotatable bonds is 7. The third-order valence-electron chi connectivity index (χ3n) is 3.81. The van der Waals surface area contributed by atoms with Crippen LogP contribution >= 0.6 is 11.8 Å². The fraction of sp³-hybridized carbons (Fsp3) is 0.733. The van der Waals surface area contributed by atoms with Crippen LogP contribution in [0.15, 0.2) is 22.8 Å². The summed E-state index contributed by atoms with van der Waals surface area (Å²) in [5.74, 6) is 4.20. The van der Waals surface area contributed by atoms with E-state index in [0.717, 1.165) is 24.0 Å². The summed E-state index contributed by atoms with van der Waals surface area (Å²) in [5.41, 5.74) is 0. The lowest BCUT2D eigenvalue weighted by atomic mass is 9.84. The van der Waals surface area contributed by atoms with E-state index >= 15 is 0 Å². The molecular formula is C15H25NOS. The van der Waals surface area contributed by atoms with Crippen LogP contribution in [0.25, 0.3) is 0 Å². The molecular weight excluding hydrogens is 242 g/mol. The largest absolute Gasteiger partial charge is 0.468 e. The highest BCUT2D eigenvalue weighted by molar-refractivity contribution is 7.98. The van der Waals surface area contributed by atoms with Gasteiger partial charge >= 0.3 is 0 Å². The van der Waals surface area contributed by atoms with Gasteiger partial charge in [0, 0.05) is 11.8 Å². The van der Waals surface area contributed by atoms with E-state index in [1.165, 1.54) is 37.9 Å². The molecule has 1 atom stereocenters. The van der Waals surface area contributed by atoms with Crippen LogP contribution < -0.4 is 5.32 Å². The van der Waals surface area contributed by atoms with Crippen molar-refractivity contribution in [3.63, 3.8) is 0 Å². The fourth-order valence-electron chi connectivity index (χ4n) is 2.84. The lowest BCUT2D eigenvalue weighted by molar-refractivity contribution is 0.288. The quantitative estimate of drug-likeness (QED) is 0.806. The van der Waals surface area contributed by atoms with Crippen molar-refractivity contribution in [3.8, 4) is 0 Å². The van der Waals surface area contributed by atoms with E-state index < -0.39 is 0 Å². The van der Waals surface area contributed by atoms with E-state index in [0.29, 0.717) is 6.04 Å². The van der Waals surface area contributed by atoms with Gasteiger partial charge in [0.25, 0.3) is 0 Å². The maximum absolute atomic E-state index is 5.38. The molecule has 2 rings (SSSR count). The van der Waals surface area contributed by atoms with Crippen LogP contribution in [0.5, 0.6) is 0 Å². The molecule has 18 heavy (non-hydrogen) atoms. The first kappa shape index (κ1) is 14.0. The van der Waals surface area contributed by atoms with Crippen molar-refractivity contribution < 1.29 is 4.42 Å². The monoisotopic (exact) mass is 267 g/mol. The van der Waals surface area contributed by atoms with Gasteiger partial charge in [-0.15, -0.1) is 0 Å². The van der Waals surface area contributed by atoms with Crippen molar-refractivity contribution in [2.45, 2.75) is 50.8 Å². The molecule has 0 spiro atoms. The van der Waals surface area contributed by atoms with E-state index in [1.54, 1.807) is 6.26 Å². The molecule has 1 aliphatic carbocycles. The zero-order valence-electron chi connectivity index (χ0n) is 11.4. The third kappa shape index (κ3) is 4.36. The smallest absolute Gasteiger partial charge is 0.113 e. The van der Waals surface area contributed by atoms with Crippen molar-refractivity contribution >= 4 is 11.8 Å². The molecule has 1 aromatic rings. The van der Waals surface area contributed by atoms with Crippen molar-refractivity contribution in [3.05, 3.63) is 24.2 Å². The highest BCUT2D eigenvalue weighted by Crippen LogP contribution is 2.28. The molecule has 0 aliphatic heterocycles. The molecule has 1 saturated carbocycles. The molecule has 3 heteroatoms. The van der Waals surface area contributed by atoms with E-state index in [4.69, 9.17) is 4.42 Å². The summed E-state index contributed by atoms with van der Waals surface area (Å²) in [6.07, 6.45) is 8.89. The average molecular weight is 267 g/mol. The Bertz CT molecular complexity index is 306. The van der Waals surface area contributed by atoms with Crippen LogP contribution in [0.3, 0.4) is 0 Å². The lowest BCUT2D eigenvalue weighted by Gasteiger charge is -2.30. The second-order valence-electron chi connectivity index (χ2n) is 5.16. The molecule has 0 radical (unpaired) electrons. The van der Waals surface area contributed by atoms with E-state index in [9.17, 15) is 0 Å². The second-order valence-corrected chi connectivity index (χ2v) is 6.19. The standard InChI is InChI=1S/C15H25NOS/c1-2-16-15(13-7-4-3-5-8-13)12-18-11-14-9-6-10-17-14/h6,9-10,13,15-16H,2-5,7-8,11-12H2,1H3. The average Bonchev–Trinajstić information content (AvgIpc) is 2.92. The maximum atomic E-state index is 5.38. The molecule has 1 N–H and O–H groups in total. The van der Waals surface area contributed by atoms with Crippen LogP contribution in [0.2, 0.25) is 0 Å². The summed E-state index contributed by atoms with van der Waals surface area (Å²) >= 11 is 2.00. The minimum absolute atomic E-state index is 0.690. The Kier molecular flexibility index (Phi) is 6.15. The van der Waals surface area contributed by atoms with E-state index in [1.807, 2.05) is 17.8 Å². The Hall–Kier alpha value is -0.410. The highest BCUT2D eigenvalue weighted by Gasteiger charge is 2.22. The number of hydrogen-bond donors (Lipinski definition) is 1. The number of thioether (sulfide) groups is 1. The second kappa shape index (κ2) is 7.90. The van der Waals surface area contributed by atoms with Gasteiger partial charge in [-0.25, -0.2) is 0 Å². The summed E-state index contributed by atoms with van der Waals surface area (Å²) in [5, 5.41) is 3.68. The van der Waals surface area contributed by atoms with Gasteiger partial charge in [0.1, 0.15) is 5.76 Å². The summed E-state index contributed by atoms with van der Waals surface area (Å²) in [4.78, 5) is 0. The molecule has 1 aromatic heterocycles. The summed E-state index contributed by atoms with van der Waals surface area (Å²) in [7, 11) is 0. The molecule has 1 unspecified atom stereocenters. The molecule has 0 aromatic carbocycles. The molecule has 0 amide bonds. The summed E-state index contributed by atoms with van der Waals surface area (Å²) < 4.78 is 5.38.